The number of aryl methyl sites for hydroxylation is 1. The summed E-state index contributed by atoms with van der Waals surface area (Å²) in [7, 11) is 2.23. The van der Waals surface area contributed by atoms with E-state index in [-0.39, 0.29) is 5.54 Å². The third kappa shape index (κ3) is 3.39. The molecule has 0 aliphatic carbocycles. The van der Waals surface area contributed by atoms with Crippen LogP contribution in [0.4, 0.5) is 0 Å². The van der Waals surface area contributed by atoms with Gasteiger partial charge in [-0.15, -0.1) is 0 Å². The first kappa shape index (κ1) is 18.5. The number of piperazine rings is 1. The maximum Gasteiger partial charge on any atom is 0.222 e. The van der Waals surface area contributed by atoms with Crippen LogP contribution in [0.3, 0.4) is 0 Å². The zero-order chi connectivity index (χ0) is 19.0. The molecule has 2 aliphatic heterocycles. The first-order valence-electron chi connectivity index (χ1n) is 10.2. The average Bonchev–Trinajstić information content (AvgIpc) is 2.89. The largest absolute Gasteiger partial charge is 0.459 e. The molecule has 5 heteroatoms. The van der Waals surface area contributed by atoms with Crippen molar-refractivity contribution >= 4 is 16.9 Å². The Morgan fingerprint density at radius 1 is 1.15 bits per heavy atom. The Balaban J connectivity index is 1.53. The molecule has 1 unspecified atom stereocenters. The van der Waals surface area contributed by atoms with Crippen LogP contribution in [0.15, 0.2) is 28.7 Å². The standard InChI is InChI=1S/C22H31N3O2/c1-4-25-12-11-22(10-9-21(25)26)16-24(14-13-23(22)3)15-20-17(2)18-7-5-6-8-19(18)27-20/h5-8H,4,9-16H2,1-3H3. The van der Waals surface area contributed by atoms with Gasteiger partial charge in [-0.2, -0.15) is 0 Å². The molecular weight excluding hydrogens is 338 g/mol. The van der Waals surface area contributed by atoms with Crippen molar-refractivity contribution in [3.8, 4) is 0 Å². The molecule has 1 aromatic heterocycles. The Bertz CT molecular complexity index is 830. The number of fused-ring (bicyclic) bond motifs is 1. The van der Waals surface area contributed by atoms with Gasteiger partial charge in [-0.05, 0) is 45.4 Å². The van der Waals surface area contributed by atoms with E-state index >= 15 is 0 Å². The summed E-state index contributed by atoms with van der Waals surface area (Å²) < 4.78 is 6.16. The van der Waals surface area contributed by atoms with Gasteiger partial charge in [-0.1, -0.05) is 18.2 Å². The smallest absolute Gasteiger partial charge is 0.222 e. The predicted octanol–water partition coefficient (Wildman–Crippen LogP) is 3.26. The SMILES string of the molecule is CCN1CCC2(CCC1=O)CN(Cc1oc3ccccc3c1C)CCN2C. The van der Waals surface area contributed by atoms with E-state index in [9.17, 15) is 4.79 Å². The third-order valence-electron chi connectivity index (χ3n) is 6.77. The number of para-hydroxylation sites is 1. The molecule has 0 bridgehead atoms. The Morgan fingerprint density at radius 2 is 1.96 bits per heavy atom. The Hall–Kier alpha value is -1.85. The Morgan fingerprint density at radius 3 is 2.74 bits per heavy atom. The number of nitrogens with zero attached hydrogens (tertiary/aromatic N) is 3. The van der Waals surface area contributed by atoms with Gasteiger partial charge in [0.05, 0.1) is 6.54 Å². The van der Waals surface area contributed by atoms with Crippen LogP contribution in [0.2, 0.25) is 0 Å². The highest BCUT2D eigenvalue weighted by atomic mass is 16.3. The number of carbonyl (C=O) groups is 1. The molecular formula is C22H31N3O2. The highest BCUT2D eigenvalue weighted by Crippen LogP contribution is 2.33. The highest BCUT2D eigenvalue weighted by Gasteiger charge is 2.42. The minimum atomic E-state index is 0.0950. The van der Waals surface area contributed by atoms with Gasteiger partial charge in [0.2, 0.25) is 5.91 Å². The van der Waals surface area contributed by atoms with Crippen molar-refractivity contribution in [1.29, 1.82) is 0 Å². The van der Waals surface area contributed by atoms with E-state index in [1.807, 2.05) is 17.0 Å². The zero-order valence-electron chi connectivity index (χ0n) is 16.8. The first-order valence-corrected chi connectivity index (χ1v) is 10.2. The molecule has 4 rings (SSSR count). The zero-order valence-corrected chi connectivity index (χ0v) is 16.8. The van der Waals surface area contributed by atoms with Crippen LogP contribution in [0.1, 0.15) is 37.5 Å². The number of furan rings is 1. The van der Waals surface area contributed by atoms with Gasteiger partial charge in [0.25, 0.3) is 0 Å². The summed E-state index contributed by atoms with van der Waals surface area (Å²) in [5.41, 5.74) is 2.33. The average molecular weight is 370 g/mol. The van der Waals surface area contributed by atoms with Crippen molar-refractivity contribution in [1.82, 2.24) is 14.7 Å². The van der Waals surface area contributed by atoms with E-state index in [0.717, 1.165) is 63.5 Å². The lowest BCUT2D eigenvalue weighted by Gasteiger charge is -2.49. The Labute approximate surface area is 161 Å². The van der Waals surface area contributed by atoms with E-state index in [0.29, 0.717) is 12.3 Å². The molecule has 0 radical (unpaired) electrons. The number of rotatable bonds is 3. The molecule has 27 heavy (non-hydrogen) atoms. The number of hydrogen-bond donors (Lipinski definition) is 0. The maximum atomic E-state index is 12.4. The maximum absolute atomic E-state index is 12.4. The second-order valence-corrected chi connectivity index (χ2v) is 8.23. The molecule has 2 aliphatic rings. The molecule has 2 fully saturated rings. The van der Waals surface area contributed by atoms with Gasteiger partial charge >= 0.3 is 0 Å². The van der Waals surface area contributed by atoms with Gasteiger partial charge in [-0.3, -0.25) is 14.6 Å². The molecule has 2 saturated heterocycles. The number of likely N-dealkylation sites (tertiary alicyclic amines) is 1. The number of amides is 1. The second kappa shape index (κ2) is 7.28. The minimum Gasteiger partial charge on any atom is -0.459 e. The molecule has 0 N–H and O–H groups in total. The van der Waals surface area contributed by atoms with Crippen molar-refractivity contribution in [2.45, 2.75) is 45.2 Å². The number of likely N-dealkylation sites (N-methyl/N-ethyl adjacent to an activating group) is 1. The lowest BCUT2D eigenvalue weighted by atomic mass is 9.86. The fraction of sp³-hybridized carbons (Fsp3) is 0.591. The fourth-order valence-corrected chi connectivity index (χ4v) is 4.82. The summed E-state index contributed by atoms with van der Waals surface area (Å²) in [6.07, 6.45) is 2.67. The molecule has 1 amide bonds. The normalized spacial score (nSPS) is 25.4. The monoisotopic (exact) mass is 369 g/mol. The molecule has 146 valence electrons. The fourth-order valence-electron chi connectivity index (χ4n) is 4.82. The van der Waals surface area contributed by atoms with Crippen LogP contribution in [0.5, 0.6) is 0 Å². The molecule has 5 nitrogen and oxygen atoms in total. The molecule has 3 heterocycles. The number of carbonyl (C=O) groups excluding carboxylic acids is 1. The van der Waals surface area contributed by atoms with Crippen LogP contribution in [-0.2, 0) is 11.3 Å². The summed E-state index contributed by atoms with van der Waals surface area (Å²) in [6.45, 7) is 9.87. The topological polar surface area (TPSA) is 39.9 Å². The van der Waals surface area contributed by atoms with Gasteiger partial charge in [0.1, 0.15) is 11.3 Å². The third-order valence-corrected chi connectivity index (χ3v) is 6.77. The van der Waals surface area contributed by atoms with Crippen LogP contribution in [0.25, 0.3) is 11.0 Å². The van der Waals surface area contributed by atoms with Crippen molar-refractivity contribution in [3.05, 3.63) is 35.6 Å². The molecule has 1 aromatic carbocycles. The van der Waals surface area contributed by atoms with E-state index < -0.39 is 0 Å². The minimum absolute atomic E-state index is 0.0950. The summed E-state index contributed by atoms with van der Waals surface area (Å²) >= 11 is 0. The van der Waals surface area contributed by atoms with Gasteiger partial charge in [-0.25, -0.2) is 0 Å². The van der Waals surface area contributed by atoms with Crippen molar-refractivity contribution in [2.24, 2.45) is 0 Å². The number of benzene rings is 1. The van der Waals surface area contributed by atoms with E-state index in [4.69, 9.17) is 4.42 Å². The van der Waals surface area contributed by atoms with E-state index in [2.05, 4.69) is 42.8 Å². The van der Waals surface area contributed by atoms with Crippen molar-refractivity contribution in [3.63, 3.8) is 0 Å². The van der Waals surface area contributed by atoms with Crippen molar-refractivity contribution < 1.29 is 9.21 Å². The van der Waals surface area contributed by atoms with E-state index in [1.165, 1.54) is 10.9 Å². The Kier molecular flexibility index (Phi) is 4.99. The summed E-state index contributed by atoms with van der Waals surface area (Å²) in [5, 5.41) is 1.22. The van der Waals surface area contributed by atoms with E-state index in [1.54, 1.807) is 0 Å². The van der Waals surface area contributed by atoms with Crippen molar-refractivity contribution in [2.75, 3.05) is 39.8 Å². The van der Waals surface area contributed by atoms with Crippen LogP contribution < -0.4 is 0 Å². The molecule has 2 aromatic rings. The summed E-state index contributed by atoms with van der Waals surface area (Å²) in [6, 6.07) is 8.29. The highest BCUT2D eigenvalue weighted by molar-refractivity contribution is 5.81. The quantitative estimate of drug-likeness (QED) is 0.833. The van der Waals surface area contributed by atoms with Gasteiger partial charge in [0.15, 0.2) is 0 Å². The van der Waals surface area contributed by atoms with Gasteiger partial charge in [0, 0.05) is 50.1 Å². The summed E-state index contributed by atoms with van der Waals surface area (Å²) in [5.74, 6) is 1.39. The van der Waals surface area contributed by atoms with Crippen LogP contribution in [0, 0.1) is 6.92 Å². The van der Waals surface area contributed by atoms with Gasteiger partial charge < -0.3 is 9.32 Å². The number of hydrogen-bond acceptors (Lipinski definition) is 4. The van der Waals surface area contributed by atoms with Crippen LogP contribution in [-0.4, -0.2) is 65.9 Å². The molecule has 1 atom stereocenters. The lowest BCUT2D eigenvalue weighted by molar-refractivity contribution is -0.130. The molecule has 1 spiro atoms. The van der Waals surface area contributed by atoms with Crippen LogP contribution >= 0.6 is 0 Å². The first-order chi connectivity index (χ1) is 13.0. The predicted molar refractivity (Wildman–Crippen MR) is 108 cm³/mol. The second-order valence-electron chi connectivity index (χ2n) is 8.23. The molecule has 0 saturated carbocycles. The summed E-state index contributed by atoms with van der Waals surface area (Å²) in [4.78, 5) is 19.4. The lowest BCUT2D eigenvalue weighted by Crippen LogP contribution is -2.60.